The van der Waals surface area contributed by atoms with Crippen molar-refractivity contribution in [2.24, 2.45) is 11.0 Å². The molecule has 1 aromatic rings. The van der Waals surface area contributed by atoms with Gasteiger partial charge in [0.1, 0.15) is 5.75 Å². The van der Waals surface area contributed by atoms with Crippen LogP contribution in [0.3, 0.4) is 0 Å². The fourth-order valence-electron chi connectivity index (χ4n) is 2.26. The number of benzene rings is 1. The second-order valence-corrected chi connectivity index (χ2v) is 6.49. The van der Waals surface area contributed by atoms with Crippen LogP contribution < -0.4 is 10.2 Å². The molecule has 0 unspecified atom stereocenters. The lowest BCUT2D eigenvalue weighted by molar-refractivity contribution is -0.123. The quantitative estimate of drug-likeness (QED) is 0.622. The van der Waals surface area contributed by atoms with Gasteiger partial charge in [-0.3, -0.25) is 4.79 Å². The molecular formula is C15H17Cl3N2O2. The molecule has 0 aromatic heterocycles. The van der Waals surface area contributed by atoms with Crippen LogP contribution in [0.4, 0.5) is 0 Å². The van der Waals surface area contributed by atoms with Crippen molar-refractivity contribution in [3.63, 3.8) is 0 Å². The van der Waals surface area contributed by atoms with Gasteiger partial charge in [0, 0.05) is 11.8 Å². The lowest BCUT2D eigenvalue weighted by Crippen LogP contribution is -2.28. The fourth-order valence-corrected chi connectivity index (χ4v) is 2.85. The number of hydrogen-bond acceptors (Lipinski definition) is 3. The first-order chi connectivity index (χ1) is 10.5. The maximum absolute atomic E-state index is 11.8. The van der Waals surface area contributed by atoms with Crippen LogP contribution in [0.15, 0.2) is 17.2 Å². The first-order valence-corrected chi connectivity index (χ1v) is 8.23. The number of nitrogens with one attached hydrogen (secondary N) is 1. The Kier molecular flexibility index (Phi) is 6.36. The molecule has 1 amide bonds. The molecule has 1 aliphatic rings. The Morgan fingerprint density at radius 2 is 2.00 bits per heavy atom. The van der Waals surface area contributed by atoms with Gasteiger partial charge in [-0.25, -0.2) is 5.43 Å². The van der Waals surface area contributed by atoms with Gasteiger partial charge in [0.25, 0.3) is 5.91 Å². The van der Waals surface area contributed by atoms with Crippen molar-refractivity contribution >= 4 is 46.4 Å². The summed E-state index contributed by atoms with van der Waals surface area (Å²) in [6.45, 7) is 1.93. The fraction of sp³-hybridized carbons (Fsp3) is 0.467. The summed E-state index contributed by atoms with van der Waals surface area (Å²) in [5.41, 5.74) is 3.55. The van der Waals surface area contributed by atoms with Crippen LogP contribution in [0, 0.1) is 5.92 Å². The average Bonchev–Trinajstić information content (AvgIpc) is 2.49. The molecular weight excluding hydrogens is 347 g/mol. The van der Waals surface area contributed by atoms with E-state index in [1.807, 2.05) is 0 Å². The van der Waals surface area contributed by atoms with Crippen LogP contribution in [-0.4, -0.2) is 18.2 Å². The second kappa shape index (κ2) is 8.04. The molecule has 7 heteroatoms. The molecule has 1 saturated carbocycles. The Bertz CT molecular complexity index is 590. The van der Waals surface area contributed by atoms with E-state index in [9.17, 15) is 4.79 Å². The summed E-state index contributed by atoms with van der Waals surface area (Å²) in [6, 6.07) is 2.96. The highest BCUT2D eigenvalue weighted by Crippen LogP contribution is 2.33. The largest absolute Gasteiger partial charge is 0.482 e. The van der Waals surface area contributed by atoms with E-state index >= 15 is 0 Å². The lowest BCUT2D eigenvalue weighted by Gasteiger charge is -2.19. The van der Waals surface area contributed by atoms with Gasteiger partial charge in [-0.1, -0.05) is 48.1 Å². The molecule has 1 atom stereocenters. The van der Waals surface area contributed by atoms with Crippen LogP contribution in [0.5, 0.6) is 5.75 Å². The smallest absolute Gasteiger partial charge is 0.277 e. The summed E-state index contributed by atoms with van der Waals surface area (Å²) in [6.07, 6.45) is 4.38. The van der Waals surface area contributed by atoms with E-state index < -0.39 is 0 Å². The number of ether oxygens (including phenoxy) is 1. The first-order valence-electron chi connectivity index (χ1n) is 7.10. The third-order valence-corrected chi connectivity index (χ3v) is 4.56. The number of carbonyl (C=O) groups is 1. The molecule has 1 aliphatic carbocycles. The number of hydrazone groups is 1. The van der Waals surface area contributed by atoms with Gasteiger partial charge in [-0.2, -0.15) is 5.10 Å². The van der Waals surface area contributed by atoms with Gasteiger partial charge in [0.2, 0.25) is 0 Å². The highest BCUT2D eigenvalue weighted by atomic mass is 35.5. The van der Waals surface area contributed by atoms with Crippen LogP contribution in [-0.2, 0) is 4.79 Å². The van der Waals surface area contributed by atoms with Crippen LogP contribution in [0.25, 0.3) is 0 Å². The van der Waals surface area contributed by atoms with Crippen molar-refractivity contribution in [1.82, 2.24) is 5.43 Å². The predicted molar refractivity (Wildman–Crippen MR) is 90.2 cm³/mol. The van der Waals surface area contributed by atoms with Gasteiger partial charge < -0.3 is 4.74 Å². The zero-order valence-electron chi connectivity index (χ0n) is 12.2. The zero-order chi connectivity index (χ0) is 16.1. The molecule has 4 nitrogen and oxygen atoms in total. The van der Waals surface area contributed by atoms with Crippen molar-refractivity contribution in [3.8, 4) is 5.75 Å². The average molecular weight is 364 g/mol. The van der Waals surface area contributed by atoms with Gasteiger partial charge in [0.15, 0.2) is 6.61 Å². The number of rotatable bonds is 4. The standard InChI is InChI=1S/C15H17Cl3N2O2/c1-9-4-2-3-5-13(9)19-20-15(21)8-22-14-7-11(17)10(16)6-12(14)18/h6-7,9H,2-5,8H2,1H3,(H,20,21)/t9-/m1/s1. The minimum absolute atomic E-state index is 0.192. The van der Waals surface area contributed by atoms with E-state index in [0.717, 1.165) is 25.0 Å². The Morgan fingerprint density at radius 1 is 1.27 bits per heavy atom. The maximum Gasteiger partial charge on any atom is 0.277 e. The van der Waals surface area contributed by atoms with E-state index in [1.54, 1.807) is 0 Å². The Balaban J connectivity index is 1.88. The Labute approximate surface area is 144 Å². The molecule has 0 bridgehead atoms. The topological polar surface area (TPSA) is 50.7 Å². The van der Waals surface area contributed by atoms with Crippen molar-refractivity contribution in [1.29, 1.82) is 0 Å². The van der Waals surface area contributed by atoms with Crippen molar-refractivity contribution in [2.45, 2.75) is 32.6 Å². The van der Waals surface area contributed by atoms with Gasteiger partial charge >= 0.3 is 0 Å². The van der Waals surface area contributed by atoms with E-state index in [4.69, 9.17) is 39.5 Å². The van der Waals surface area contributed by atoms with E-state index in [0.29, 0.717) is 26.7 Å². The minimum Gasteiger partial charge on any atom is -0.482 e. The van der Waals surface area contributed by atoms with Crippen LogP contribution in [0.2, 0.25) is 15.1 Å². The molecule has 22 heavy (non-hydrogen) atoms. The molecule has 0 spiro atoms. The van der Waals surface area contributed by atoms with Crippen molar-refractivity contribution in [2.75, 3.05) is 6.61 Å². The maximum atomic E-state index is 11.8. The van der Waals surface area contributed by atoms with Crippen molar-refractivity contribution < 1.29 is 9.53 Å². The first kappa shape index (κ1) is 17.4. The molecule has 1 aromatic carbocycles. The molecule has 0 heterocycles. The molecule has 1 fully saturated rings. The third-order valence-electron chi connectivity index (χ3n) is 3.55. The van der Waals surface area contributed by atoms with E-state index in [2.05, 4.69) is 17.5 Å². The van der Waals surface area contributed by atoms with Gasteiger partial charge in [-0.15, -0.1) is 0 Å². The number of amides is 1. The molecule has 120 valence electrons. The highest BCUT2D eigenvalue weighted by molar-refractivity contribution is 6.43. The predicted octanol–water partition coefficient (Wildman–Crippen LogP) is 4.71. The Morgan fingerprint density at radius 3 is 2.73 bits per heavy atom. The zero-order valence-corrected chi connectivity index (χ0v) is 14.4. The van der Waals surface area contributed by atoms with E-state index in [1.165, 1.54) is 18.6 Å². The third kappa shape index (κ3) is 4.77. The second-order valence-electron chi connectivity index (χ2n) is 5.27. The number of nitrogens with zero attached hydrogens (tertiary/aromatic N) is 1. The molecule has 1 N–H and O–H groups in total. The highest BCUT2D eigenvalue weighted by Gasteiger charge is 2.16. The Hall–Kier alpha value is -0.970. The van der Waals surface area contributed by atoms with Gasteiger partial charge in [-0.05, 0) is 31.2 Å². The summed E-state index contributed by atoms with van der Waals surface area (Å²) in [4.78, 5) is 11.8. The van der Waals surface area contributed by atoms with Crippen molar-refractivity contribution in [3.05, 3.63) is 27.2 Å². The number of carbonyl (C=O) groups excluding carboxylic acids is 1. The SMILES string of the molecule is C[C@@H]1CCCCC1=NNC(=O)COc1cc(Cl)c(Cl)cc1Cl. The molecule has 0 aliphatic heterocycles. The van der Waals surface area contributed by atoms with Gasteiger partial charge in [0.05, 0.1) is 15.1 Å². The monoisotopic (exact) mass is 362 g/mol. The summed E-state index contributed by atoms with van der Waals surface area (Å²) in [5.74, 6) is 0.386. The molecule has 2 rings (SSSR count). The van der Waals surface area contributed by atoms with E-state index in [-0.39, 0.29) is 12.5 Å². The summed E-state index contributed by atoms with van der Waals surface area (Å²) >= 11 is 17.7. The minimum atomic E-state index is -0.340. The number of halogens is 3. The summed E-state index contributed by atoms with van der Waals surface area (Å²) < 4.78 is 5.34. The van der Waals surface area contributed by atoms with Crippen LogP contribution >= 0.6 is 34.8 Å². The molecule has 0 saturated heterocycles. The normalized spacial score (nSPS) is 20.0. The molecule has 0 radical (unpaired) electrons. The lowest BCUT2D eigenvalue weighted by atomic mass is 9.89. The summed E-state index contributed by atoms with van der Waals surface area (Å²) in [5, 5.41) is 5.14. The van der Waals surface area contributed by atoms with Crippen LogP contribution in [0.1, 0.15) is 32.6 Å². The number of hydrogen-bond donors (Lipinski definition) is 1. The summed E-state index contributed by atoms with van der Waals surface area (Å²) in [7, 11) is 0.